The standard InChI is InChI=1S/C17H28N7O9P/c1-8(2)4-10(18)16(27)24(34(29,30)31)32-7-12(25)14-11(21-22-19)5-13(33-14)23-6-9(3)15(26)20-17(23)28/h6,8,10-14,25H,4-5,7,18H2,1-3H3,(H,20,26,28)(H2,29,30,31)/t10-,11-,12?,13+,14-/m0/s1. The van der Waals surface area contributed by atoms with Gasteiger partial charge in [-0.3, -0.25) is 24.0 Å². The average molecular weight is 505 g/mol. The van der Waals surface area contributed by atoms with E-state index in [1.165, 1.54) is 13.1 Å². The van der Waals surface area contributed by atoms with Gasteiger partial charge in [-0.05, 0) is 24.8 Å². The van der Waals surface area contributed by atoms with E-state index in [2.05, 4.69) is 15.0 Å². The molecule has 0 saturated carbocycles. The highest BCUT2D eigenvalue weighted by Crippen LogP contribution is 2.41. The summed E-state index contributed by atoms with van der Waals surface area (Å²) in [6.45, 7) is 4.16. The SMILES string of the molecule is Cc1cn([C@H]2C[C@H](N=[N+]=[N-])[C@@H](C(O)CON(C(=O)[C@@H](N)CC(C)C)P(=O)(O)O)O2)c(=O)[nH]c1=O. The van der Waals surface area contributed by atoms with E-state index in [0.29, 0.717) is 0 Å². The summed E-state index contributed by atoms with van der Waals surface area (Å²) in [7, 11) is -5.25. The van der Waals surface area contributed by atoms with Gasteiger partial charge in [0.1, 0.15) is 18.9 Å². The second-order valence-electron chi connectivity index (χ2n) is 8.27. The lowest BCUT2D eigenvalue weighted by Crippen LogP contribution is -2.45. The number of carbonyl (C=O) groups excluding carboxylic acids is 1. The molecule has 1 amide bonds. The fraction of sp³-hybridized carbons (Fsp3) is 0.706. The topological polar surface area (TPSA) is 246 Å². The average Bonchev–Trinajstić information content (AvgIpc) is 3.13. The largest absolute Gasteiger partial charge is 0.456 e. The molecule has 1 aromatic rings. The first-order valence-electron chi connectivity index (χ1n) is 10.2. The van der Waals surface area contributed by atoms with Crippen LogP contribution >= 0.6 is 7.75 Å². The Morgan fingerprint density at radius 2 is 2.15 bits per heavy atom. The smallest absolute Gasteiger partial charge is 0.388 e. The van der Waals surface area contributed by atoms with Gasteiger partial charge in [0.2, 0.25) is 0 Å². The number of H-pyrrole nitrogens is 1. The summed E-state index contributed by atoms with van der Waals surface area (Å²) in [4.78, 5) is 64.7. The molecule has 1 fully saturated rings. The van der Waals surface area contributed by atoms with Crippen LogP contribution in [0.4, 0.5) is 0 Å². The molecule has 16 nitrogen and oxygen atoms in total. The second kappa shape index (κ2) is 11.3. The molecule has 0 spiro atoms. The van der Waals surface area contributed by atoms with Crippen molar-refractivity contribution in [2.75, 3.05) is 6.61 Å². The molecule has 1 aliphatic rings. The number of aromatic nitrogens is 2. The van der Waals surface area contributed by atoms with Gasteiger partial charge in [-0.15, -0.1) is 4.83 Å². The minimum absolute atomic E-state index is 0.0449. The normalized spacial score (nSPS) is 22.3. The minimum Gasteiger partial charge on any atom is -0.388 e. The van der Waals surface area contributed by atoms with Crippen LogP contribution in [0.2, 0.25) is 0 Å². The maximum atomic E-state index is 12.4. The molecular weight excluding hydrogens is 477 g/mol. The number of aliphatic hydroxyl groups is 1. The molecule has 17 heteroatoms. The first-order valence-corrected chi connectivity index (χ1v) is 11.8. The summed E-state index contributed by atoms with van der Waals surface area (Å²) >= 11 is 0. The van der Waals surface area contributed by atoms with Crippen LogP contribution in [0.1, 0.15) is 38.5 Å². The molecule has 190 valence electrons. The predicted octanol–water partition coefficient (Wildman–Crippen LogP) is -0.601. The summed E-state index contributed by atoms with van der Waals surface area (Å²) in [5.41, 5.74) is 13.4. The molecule has 0 aliphatic carbocycles. The van der Waals surface area contributed by atoms with Crippen LogP contribution in [0.25, 0.3) is 10.4 Å². The van der Waals surface area contributed by atoms with Crippen molar-refractivity contribution in [2.24, 2.45) is 16.8 Å². The number of nitrogens with zero attached hydrogens (tertiary/aromatic N) is 5. The molecule has 0 radical (unpaired) electrons. The Morgan fingerprint density at radius 1 is 1.50 bits per heavy atom. The third-order valence-electron chi connectivity index (χ3n) is 5.01. The first kappa shape index (κ1) is 27.7. The van der Waals surface area contributed by atoms with Gasteiger partial charge >= 0.3 is 13.4 Å². The van der Waals surface area contributed by atoms with Crippen LogP contribution in [-0.4, -0.2) is 66.1 Å². The van der Waals surface area contributed by atoms with E-state index in [0.717, 1.165) is 4.57 Å². The van der Waals surface area contributed by atoms with Gasteiger partial charge < -0.3 is 25.4 Å². The van der Waals surface area contributed by atoms with Crippen molar-refractivity contribution in [2.45, 2.75) is 64.1 Å². The van der Waals surface area contributed by atoms with Crippen LogP contribution in [0, 0.1) is 12.8 Å². The number of azide groups is 1. The lowest BCUT2D eigenvalue weighted by atomic mass is 10.0. The molecule has 2 rings (SSSR count). The van der Waals surface area contributed by atoms with E-state index in [4.69, 9.17) is 20.8 Å². The number of amides is 1. The molecular formula is C17H28N7O9P. The zero-order chi connectivity index (χ0) is 25.8. The van der Waals surface area contributed by atoms with Gasteiger partial charge in [-0.25, -0.2) is 9.36 Å². The number of aliphatic hydroxyl groups excluding tert-OH is 1. The third kappa shape index (κ3) is 6.74. The number of aryl methyl sites for hydroxylation is 1. The Labute approximate surface area is 193 Å². The molecule has 0 aromatic carbocycles. The third-order valence-corrected chi connectivity index (χ3v) is 5.79. The molecule has 34 heavy (non-hydrogen) atoms. The van der Waals surface area contributed by atoms with Crippen molar-refractivity contribution in [3.05, 3.63) is 43.0 Å². The van der Waals surface area contributed by atoms with E-state index in [-0.39, 0.29) is 29.2 Å². The second-order valence-corrected chi connectivity index (χ2v) is 9.66. The molecule has 1 saturated heterocycles. The van der Waals surface area contributed by atoms with Crippen LogP contribution in [0.3, 0.4) is 0 Å². The minimum atomic E-state index is -5.25. The fourth-order valence-electron chi connectivity index (χ4n) is 3.43. The van der Waals surface area contributed by atoms with E-state index in [9.17, 15) is 33.8 Å². The van der Waals surface area contributed by atoms with Crippen molar-refractivity contribution in [1.82, 2.24) is 14.4 Å². The summed E-state index contributed by atoms with van der Waals surface area (Å²) in [5, 5.41) is 14.1. The Bertz CT molecular complexity index is 1090. The van der Waals surface area contributed by atoms with Gasteiger partial charge in [-0.1, -0.05) is 19.0 Å². The zero-order valence-corrected chi connectivity index (χ0v) is 19.6. The summed E-state index contributed by atoms with van der Waals surface area (Å²) in [6.07, 6.45) is -2.62. The molecule has 1 aromatic heterocycles. The van der Waals surface area contributed by atoms with Crippen molar-refractivity contribution < 1.29 is 33.8 Å². The van der Waals surface area contributed by atoms with Crippen molar-refractivity contribution in [3.63, 3.8) is 0 Å². The predicted molar refractivity (Wildman–Crippen MR) is 116 cm³/mol. The summed E-state index contributed by atoms with van der Waals surface area (Å²) in [5.74, 6) is -1.22. The number of nitrogens with two attached hydrogens (primary N) is 1. The van der Waals surface area contributed by atoms with Gasteiger partial charge in [0, 0.05) is 23.1 Å². The number of hydrogen-bond donors (Lipinski definition) is 5. The van der Waals surface area contributed by atoms with Crippen molar-refractivity contribution in [1.29, 1.82) is 0 Å². The van der Waals surface area contributed by atoms with Gasteiger partial charge in [-0.2, -0.15) is 0 Å². The van der Waals surface area contributed by atoms with Crippen LogP contribution in [-0.2, 0) is 18.9 Å². The quantitative estimate of drug-likeness (QED) is 0.0887. The number of aromatic amines is 1. The first-order chi connectivity index (χ1) is 15.8. The summed E-state index contributed by atoms with van der Waals surface area (Å²) < 4.78 is 18.5. The number of carbonyl (C=O) groups is 1. The van der Waals surface area contributed by atoms with Gasteiger partial charge in [0.05, 0.1) is 18.2 Å². The van der Waals surface area contributed by atoms with Crippen molar-refractivity contribution in [3.8, 4) is 0 Å². The monoisotopic (exact) mass is 505 g/mol. The maximum absolute atomic E-state index is 12.4. The maximum Gasteiger partial charge on any atom is 0.456 e. The van der Waals surface area contributed by atoms with E-state index >= 15 is 0 Å². The highest BCUT2D eigenvalue weighted by molar-refractivity contribution is 7.49. The molecule has 0 bridgehead atoms. The lowest BCUT2D eigenvalue weighted by Gasteiger charge is -2.28. The van der Waals surface area contributed by atoms with Crippen LogP contribution < -0.4 is 17.0 Å². The number of hydroxylamine groups is 1. The Kier molecular flexibility index (Phi) is 9.16. The Balaban J connectivity index is 2.19. The van der Waals surface area contributed by atoms with Gasteiger partial charge in [0.25, 0.3) is 11.5 Å². The van der Waals surface area contributed by atoms with Crippen LogP contribution in [0.5, 0.6) is 0 Å². The molecule has 1 unspecified atom stereocenters. The molecule has 6 N–H and O–H groups in total. The number of ether oxygens (including phenoxy) is 1. The number of hydrogen-bond acceptors (Lipinski definition) is 9. The molecule has 5 atom stereocenters. The highest BCUT2D eigenvalue weighted by atomic mass is 31.2. The highest BCUT2D eigenvalue weighted by Gasteiger charge is 2.42. The Hall–Kier alpha value is -2.55. The number of rotatable bonds is 10. The fourth-order valence-corrected chi connectivity index (χ4v) is 4.06. The van der Waals surface area contributed by atoms with Crippen molar-refractivity contribution >= 4 is 13.7 Å². The van der Waals surface area contributed by atoms with E-state index in [1.807, 2.05) is 0 Å². The zero-order valence-electron chi connectivity index (χ0n) is 18.7. The van der Waals surface area contributed by atoms with E-state index in [1.54, 1.807) is 13.8 Å². The number of nitrogens with one attached hydrogen (secondary N) is 1. The lowest BCUT2D eigenvalue weighted by molar-refractivity contribution is -0.180. The Morgan fingerprint density at radius 3 is 2.71 bits per heavy atom. The summed E-state index contributed by atoms with van der Waals surface area (Å²) in [6, 6.07) is -2.27. The van der Waals surface area contributed by atoms with Gasteiger partial charge in [0.15, 0.2) is 0 Å². The molecule has 1 aliphatic heterocycles. The van der Waals surface area contributed by atoms with Crippen LogP contribution in [0.15, 0.2) is 20.9 Å². The van der Waals surface area contributed by atoms with E-state index < -0.39 is 62.0 Å². The molecule has 2 heterocycles.